The van der Waals surface area contributed by atoms with Crippen molar-refractivity contribution in [2.75, 3.05) is 19.5 Å². The van der Waals surface area contributed by atoms with Crippen molar-refractivity contribution in [1.82, 2.24) is 4.98 Å². The molecule has 2 rings (SSSR count). The average molecular weight is 272 g/mol. The molecular weight excluding hydrogens is 256 g/mol. The zero-order valence-corrected chi connectivity index (χ0v) is 11.2. The van der Waals surface area contributed by atoms with Gasteiger partial charge in [-0.2, -0.15) is 0 Å². The molecule has 104 valence electrons. The van der Waals surface area contributed by atoms with Crippen molar-refractivity contribution >= 4 is 11.7 Å². The lowest BCUT2D eigenvalue weighted by atomic mass is 10.1. The van der Waals surface area contributed by atoms with E-state index in [0.29, 0.717) is 23.4 Å². The number of esters is 1. The Morgan fingerprint density at radius 2 is 2.20 bits per heavy atom. The second kappa shape index (κ2) is 6.56. The Morgan fingerprint density at radius 1 is 1.35 bits per heavy atom. The minimum absolute atomic E-state index is 0.279. The third-order valence-electron chi connectivity index (χ3n) is 2.83. The SMILES string of the molecule is COc1ccc(N)c(C(=O)OCCc2cccnc2)c1. The smallest absolute Gasteiger partial charge is 0.340 e. The highest BCUT2D eigenvalue weighted by Gasteiger charge is 2.12. The van der Waals surface area contributed by atoms with Gasteiger partial charge in [0.25, 0.3) is 0 Å². The molecule has 0 bridgehead atoms. The molecule has 0 radical (unpaired) electrons. The quantitative estimate of drug-likeness (QED) is 0.666. The summed E-state index contributed by atoms with van der Waals surface area (Å²) < 4.78 is 10.3. The number of methoxy groups -OCH3 is 1. The summed E-state index contributed by atoms with van der Waals surface area (Å²) in [6.07, 6.45) is 4.06. The number of anilines is 1. The Kier molecular flexibility index (Phi) is 4.55. The van der Waals surface area contributed by atoms with Crippen LogP contribution in [-0.2, 0) is 11.2 Å². The molecule has 2 N–H and O–H groups in total. The van der Waals surface area contributed by atoms with Crippen LogP contribution in [-0.4, -0.2) is 24.7 Å². The molecule has 1 aromatic heterocycles. The molecule has 20 heavy (non-hydrogen) atoms. The second-order valence-electron chi connectivity index (χ2n) is 4.20. The van der Waals surface area contributed by atoms with E-state index in [1.807, 2.05) is 12.1 Å². The molecule has 0 spiro atoms. The molecule has 0 unspecified atom stereocenters. The number of aromatic nitrogens is 1. The summed E-state index contributed by atoms with van der Waals surface area (Å²) in [6.45, 7) is 0.279. The Balaban J connectivity index is 1.95. The van der Waals surface area contributed by atoms with Crippen molar-refractivity contribution in [1.29, 1.82) is 0 Å². The van der Waals surface area contributed by atoms with Crippen LogP contribution in [0.2, 0.25) is 0 Å². The Labute approximate surface area is 117 Å². The maximum atomic E-state index is 12.0. The van der Waals surface area contributed by atoms with E-state index in [9.17, 15) is 4.79 Å². The van der Waals surface area contributed by atoms with E-state index in [0.717, 1.165) is 5.56 Å². The number of carbonyl (C=O) groups is 1. The third-order valence-corrected chi connectivity index (χ3v) is 2.83. The third kappa shape index (κ3) is 3.47. The number of hydrogen-bond acceptors (Lipinski definition) is 5. The first kappa shape index (κ1) is 13.9. The largest absolute Gasteiger partial charge is 0.497 e. The summed E-state index contributed by atoms with van der Waals surface area (Å²) in [6, 6.07) is 8.66. The first-order valence-corrected chi connectivity index (χ1v) is 6.20. The van der Waals surface area contributed by atoms with Crippen LogP contribution in [0.25, 0.3) is 0 Å². The number of nitrogens with two attached hydrogens (primary N) is 1. The van der Waals surface area contributed by atoms with E-state index >= 15 is 0 Å². The highest BCUT2D eigenvalue weighted by atomic mass is 16.5. The van der Waals surface area contributed by atoms with Gasteiger partial charge in [-0.25, -0.2) is 4.79 Å². The topological polar surface area (TPSA) is 74.4 Å². The van der Waals surface area contributed by atoms with Crippen LogP contribution in [0.15, 0.2) is 42.7 Å². The summed E-state index contributed by atoms with van der Waals surface area (Å²) in [5, 5.41) is 0. The molecule has 0 atom stereocenters. The molecule has 0 aliphatic rings. The molecule has 0 aliphatic heterocycles. The maximum Gasteiger partial charge on any atom is 0.340 e. The summed E-state index contributed by atoms with van der Waals surface area (Å²) in [7, 11) is 1.53. The lowest BCUT2D eigenvalue weighted by Crippen LogP contribution is -2.10. The van der Waals surface area contributed by atoms with Crippen LogP contribution in [0, 0.1) is 0 Å². The minimum Gasteiger partial charge on any atom is -0.497 e. The van der Waals surface area contributed by atoms with E-state index in [1.165, 1.54) is 7.11 Å². The van der Waals surface area contributed by atoms with Gasteiger partial charge in [-0.1, -0.05) is 6.07 Å². The number of rotatable bonds is 5. The minimum atomic E-state index is -0.453. The van der Waals surface area contributed by atoms with Gasteiger partial charge in [-0.3, -0.25) is 4.98 Å². The predicted octanol–water partition coefficient (Wildman–Crippen LogP) is 2.07. The molecule has 0 aliphatic carbocycles. The van der Waals surface area contributed by atoms with Gasteiger partial charge in [-0.15, -0.1) is 0 Å². The van der Waals surface area contributed by atoms with Crippen molar-refractivity contribution in [2.45, 2.75) is 6.42 Å². The van der Waals surface area contributed by atoms with Crippen LogP contribution < -0.4 is 10.5 Å². The van der Waals surface area contributed by atoms with Crippen LogP contribution in [0.1, 0.15) is 15.9 Å². The van der Waals surface area contributed by atoms with E-state index in [2.05, 4.69) is 4.98 Å². The highest BCUT2D eigenvalue weighted by molar-refractivity contribution is 5.95. The summed E-state index contributed by atoms with van der Waals surface area (Å²) >= 11 is 0. The Morgan fingerprint density at radius 3 is 2.90 bits per heavy atom. The van der Waals surface area contributed by atoms with Crippen LogP contribution in [0.3, 0.4) is 0 Å². The molecule has 0 saturated heterocycles. The fourth-order valence-electron chi connectivity index (χ4n) is 1.72. The van der Waals surface area contributed by atoms with Crippen molar-refractivity contribution < 1.29 is 14.3 Å². The summed E-state index contributed by atoms with van der Waals surface area (Å²) in [5.74, 6) is 0.115. The number of benzene rings is 1. The number of ether oxygens (including phenoxy) is 2. The van der Waals surface area contributed by atoms with E-state index < -0.39 is 5.97 Å². The standard InChI is InChI=1S/C15H16N2O3/c1-19-12-4-5-14(16)13(9-12)15(18)20-8-6-11-3-2-7-17-10-11/h2-5,7,9-10H,6,8,16H2,1H3. The number of nitrogen functional groups attached to an aromatic ring is 1. The van der Waals surface area contributed by atoms with Crippen LogP contribution in [0.4, 0.5) is 5.69 Å². The van der Waals surface area contributed by atoms with Gasteiger partial charge < -0.3 is 15.2 Å². The molecule has 1 heterocycles. The first-order chi connectivity index (χ1) is 9.70. The molecule has 0 amide bonds. The second-order valence-corrected chi connectivity index (χ2v) is 4.20. The Hall–Kier alpha value is -2.56. The summed E-state index contributed by atoms with van der Waals surface area (Å²) in [4.78, 5) is 16.0. The first-order valence-electron chi connectivity index (χ1n) is 6.20. The number of hydrogen-bond donors (Lipinski definition) is 1. The fourth-order valence-corrected chi connectivity index (χ4v) is 1.72. The van der Waals surface area contributed by atoms with E-state index in [1.54, 1.807) is 30.6 Å². The Bertz CT molecular complexity index is 585. The van der Waals surface area contributed by atoms with Crippen molar-refractivity contribution in [3.05, 3.63) is 53.9 Å². The van der Waals surface area contributed by atoms with Gasteiger partial charge in [0.2, 0.25) is 0 Å². The number of pyridine rings is 1. The van der Waals surface area contributed by atoms with Crippen molar-refractivity contribution in [3.8, 4) is 5.75 Å². The molecule has 0 saturated carbocycles. The predicted molar refractivity (Wildman–Crippen MR) is 75.6 cm³/mol. The lowest BCUT2D eigenvalue weighted by Gasteiger charge is -2.08. The maximum absolute atomic E-state index is 12.0. The fraction of sp³-hybridized carbons (Fsp3) is 0.200. The van der Waals surface area contributed by atoms with Gasteiger partial charge in [0, 0.05) is 24.5 Å². The monoisotopic (exact) mass is 272 g/mol. The normalized spacial score (nSPS) is 10.1. The molecular formula is C15H16N2O3. The van der Waals surface area contributed by atoms with Crippen LogP contribution in [0.5, 0.6) is 5.75 Å². The lowest BCUT2D eigenvalue weighted by molar-refractivity contribution is 0.0510. The van der Waals surface area contributed by atoms with Crippen LogP contribution >= 0.6 is 0 Å². The number of carbonyl (C=O) groups excluding carboxylic acids is 1. The van der Waals surface area contributed by atoms with Gasteiger partial charge in [-0.05, 0) is 29.8 Å². The van der Waals surface area contributed by atoms with E-state index in [4.69, 9.17) is 15.2 Å². The molecule has 0 fully saturated rings. The van der Waals surface area contributed by atoms with Gasteiger partial charge >= 0.3 is 5.97 Å². The zero-order chi connectivity index (χ0) is 14.4. The highest BCUT2D eigenvalue weighted by Crippen LogP contribution is 2.20. The van der Waals surface area contributed by atoms with Crippen molar-refractivity contribution in [3.63, 3.8) is 0 Å². The molecule has 5 nitrogen and oxygen atoms in total. The van der Waals surface area contributed by atoms with Gasteiger partial charge in [0.05, 0.1) is 19.3 Å². The average Bonchev–Trinajstić information content (AvgIpc) is 2.48. The van der Waals surface area contributed by atoms with E-state index in [-0.39, 0.29) is 6.61 Å². The van der Waals surface area contributed by atoms with Gasteiger partial charge in [0.15, 0.2) is 0 Å². The molecule has 5 heteroatoms. The molecule has 1 aromatic carbocycles. The van der Waals surface area contributed by atoms with Crippen molar-refractivity contribution in [2.24, 2.45) is 0 Å². The van der Waals surface area contributed by atoms with Gasteiger partial charge in [0.1, 0.15) is 5.75 Å². The zero-order valence-electron chi connectivity index (χ0n) is 11.2. The number of nitrogens with zero attached hydrogens (tertiary/aromatic N) is 1. The summed E-state index contributed by atoms with van der Waals surface area (Å²) in [5.41, 5.74) is 7.46. The molecule has 2 aromatic rings.